The minimum atomic E-state index is -1.22. The number of rotatable bonds is 9. The van der Waals surface area contributed by atoms with Crippen molar-refractivity contribution in [3.8, 4) is 28.1 Å². The lowest BCUT2D eigenvalue weighted by molar-refractivity contribution is -0.138. The lowest BCUT2D eigenvalue weighted by Gasteiger charge is -2.33. The summed E-state index contributed by atoms with van der Waals surface area (Å²) in [5.41, 5.74) is 6.59. The summed E-state index contributed by atoms with van der Waals surface area (Å²) in [6, 6.07) is 12.7. The normalized spacial score (nSPS) is 21.8. The smallest absolute Gasteiger partial charge is 0.407 e. The molecule has 0 bridgehead atoms. The van der Waals surface area contributed by atoms with Crippen molar-refractivity contribution in [2.75, 3.05) is 13.7 Å². The number of likely N-dealkylation sites (tertiary alicyclic amines) is 2. The maximum Gasteiger partial charge on any atom is 0.407 e. The first kappa shape index (κ1) is 39.3. The summed E-state index contributed by atoms with van der Waals surface area (Å²) in [6.07, 6.45) is 5.39. The zero-order valence-corrected chi connectivity index (χ0v) is 34.6. The zero-order valence-electron chi connectivity index (χ0n) is 34.6. The van der Waals surface area contributed by atoms with Crippen molar-refractivity contribution in [2.24, 2.45) is 17.8 Å². The molecular formula is C45H52N8O7. The van der Waals surface area contributed by atoms with Crippen LogP contribution in [0.4, 0.5) is 9.59 Å². The van der Waals surface area contributed by atoms with Crippen molar-refractivity contribution in [2.45, 2.75) is 103 Å². The first-order valence-corrected chi connectivity index (χ1v) is 21.1. The van der Waals surface area contributed by atoms with E-state index in [0.29, 0.717) is 24.9 Å². The molecule has 3 fully saturated rings. The first-order chi connectivity index (χ1) is 28.9. The van der Waals surface area contributed by atoms with E-state index in [2.05, 4.69) is 57.0 Å². The number of H-pyrrole nitrogens is 2. The van der Waals surface area contributed by atoms with Gasteiger partial charge in [-0.25, -0.2) is 19.6 Å². The van der Waals surface area contributed by atoms with Crippen LogP contribution in [-0.4, -0.2) is 90.6 Å². The van der Waals surface area contributed by atoms with Crippen LogP contribution >= 0.6 is 0 Å². The lowest BCUT2D eigenvalue weighted by Crippen LogP contribution is -2.53. The number of carbonyl (C=O) groups excluding carboxylic acids is 3. The molecule has 314 valence electrons. The number of aromatic nitrogens is 4. The molecule has 2 saturated heterocycles. The Morgan fingerprint density at radius 3 is 2.45 bits per heavy atom. The number of hydrogen-bond acceptors (Lipinski definition) is 8. The van der Waals surface area contributed by atoms with E-state index in [-0.39, 0.29) is 41.8 Å². The topological polar surface area (TPSA) is 195 Å². The van der Waals surface area contributed by atoms with Crippen LogP contribution in [0.3, 0.4) is 0 Å². The van der Waals surface area contributed by atoms with E-state index in [1.165, 1.54) is 7.11 Å². The van der Waals surface area contributed by atoms with Gasteiger partial charge in [-0.1, -0.05) is 52.3 Å². The van der Waals surface area contributed by atoms with Crippen LogP contribution in [-0.2, 0) is 20.9 Å². The Morgan fingerprint density at radius 1 is 0.883 bits per heavy atom. The zero-order chi connectivity index (χ0) is 42.0. The highest BCUT2D eigenvalue weighted by molar-refractivity contribution is 6.07. The molecule has 4 amide bonds. The Hall–Kier alpha value is -6.12. The van der Waals surface area contributed by atoms with E-state index < -0.39 is 24.3 Å². The van der Waals surface area contributed by atoms with Crippen molar-refractivity contribution in [3.63, 3.8) is 0 Å². The third-order valence-corrected chi connectivity index (χ3v) is 13.1. The number of fused-ring (bicyclic) bond motifs is 7. The highest BCUT2D eigenvalue weighted by atomic mass is 16.5. The Kier molecular flexibility index (Phi) is 10.2. The summed E-state index contributed by atoms with van der Waals surface area (Å²) >= 11 is 0. The van der Waals surface area contributed by atoms with Gasteiger partial charge in [-0.3, -0.25) is 9.59 Å². The molecule has 2 aromatic heterocycles. The number of nitrogens with zero attached hydrogens (tertiary/aromatic N) is 4. The molecule has 5 N–H and O–H groups in total. The Balaban J connectivity index is 0.981. The number of carbonyl (C=O) groups is 4. The number of benzene rings is 3. The van der Waals surface area contributed by atoms with E-state index in [4.69, 9.17) is 19.4 Å². The van der Waals surface area contributed by atoms with Crippen molar-refractivity contribution in [1.82, 2.24) is 40.4 Å². The molecule has 9 rings (SSSR count). The van der Waals surface area contributed by atoms with Crippen molar-refractivity contribution >= 4 is 45.8 Å². The summed E-state index contributed by atoms with van der Waals surface area (Å²) in [5.74, 6) is 1.93. The van der Waals surface area contributed by atoms with E-state index in [1.54, 1.807) is 11.1 Å². The number of nitrogens with one attached hydrogen (secondary N) is 4. The molecule has 3 aliphatic heterocycles. The molecule has 15 heteroatoms. The van der Waals surface area contributed by atoms with Gasteiger partial charge in [0.15, 0.2) is 0 Å². The van der Waals surface area contributed by atoms with Gasteiger partial charge >= 0.3 is 12.2 Å². The summed E-state index contributed by atoms with van der Waals surface area (Å²) in [7, 11) is 1.31. The van der Waals surface area contributed by atoms with Crippen molar-refractivity contribution in [1.29, 1.82) is 0 Å². The SMILES string of the molecule is COC(=O)N[C@H](C(=O)N1[C@H](c2nc3ccc4cc5c(cc4c3[nH]2)OCc2cc(-c3cnc(C4CCCN4C(=O)[C@@H](NC(=O)O)C(C)C)[nH]3)ccc2-5)C[C@@H]2CCC[C@@H]21)C(C)C. The number of amides is 4. The van der Waals surface area contributed by atoms with Gasteiger partial charge in [0.1, 0.15) is 36.1 Å². The molecule has 0 spiro atoms. The monoisotopic (exact) mass is 816 g/mol. The third-order valence-electron chi connectivity index (χ3n) is 13.1. The van der Waals surface area contributed by atoms with E-state index >= 15 is 0 Å². The molecule has 5 aromatic rings. The number of hydrogen-bond donors (Lipinski definition) is 5. The minimum Gasteiger partial charge on any atom is -0.488 e. The van der Waals surface area contributed by atoms with Crippen LogP contribution in [0.25, 0.3) is 44.2 Å². The van der Waals surface area contributed by atoms with Crippen LogP contribution in [0.15, 0.2) is 48.7 Å². The van der Waals surface area contributed by atoms with E-state index in [0.717, 1.165) is 99.9 Å². The number of aromatic amines is 2. The Morgan fingerprint density at radius 2 is 1.68 bits per heavy atom. The second kappa shape index (κ2) is 15.5. The fraction of sp³-hybridized carbons (Fsp3) is 0.467. The predicted molar refractivity (Wildman–Crippen MR) is 224 cm³/mol. The van der Waals surface area contributed by atoms with Gasteiger partial charge in [-0.05, 0) is 96.2 Å². The quantitative estimate of drug-likeness (QED) is 0.100. The number of imidazole rings is 2. The Bertz CT molecular complexity index is 2510. The van der Waals surface area contributed by atoms with Gasteiger partial charge in [0.25, 0.3) is 0 Å². The van der Waals surface area contributed by atoms with Gasteiger partial charge in [0.2, 0.25) is 11.8 Å². The molecule has 5 heterocycles. The molecule has 1 aliphatic carbocycles. The van der Waals surface area contributed by atoms with Gasteiger partial charge < -0.3 is 45.0 Å². The average Bonchev–Trinajstić information content (AvgIpc) is 4.08. The molecule has 1 unspecified atom stereocenters. The van der Waals surface area contributed by atoms with E-state index in [1.807, 2.05) is 38.7 Å². The lowest BCUT2D eigenvalue weighted by atomic mass is 9.92. The summed E-state index contributed by atoms with van der Waals surface area (Å²) < 4.78 is 11.3. The van der Waals surface area contributed by atoms with Crippen LogP contribution in [0.1, 0.15) is 95.5 Å². The van der Waals surface area contributed by atoms with Crippen LogP contribution in [0.5, 0.6) is 5.75 Å². The minimum absolute atomic E-state index is 0.100. The fourth-order valence-corrected chi connectivity index (χ4v) is 10.1. The fourth-order valence-electron chi connectivity index (χ4n) is 10.1. The third kappa shape index (κ3) is 6.86. The maximum absolute atomic E-state index is 14.3. The molecular weight excluding hydrogens is 765 g/mol. The predicted octanol–water partition coefficient (Wildman–Crippen LogP) is 7.44. The number of ether oxygens (including phenoxy) is 2. The summed E-state index contributed by atoms with van der Waals surface area (Å²) in [6.45, 7) is 8.45. The largest absolute Gasteiger partial charge is 0.488 e. The van der Waals surface area contributed by atoms with Crippen molar-refractivity contribution in [3.05, 3.63) is 65.9 Å². The highest BCUT2D eigenvalue weighted by Gasteiger charge is 2.49. The Labute approximate surface area is 347 Å². The number of carboxylic acid groups (broad SMARTS) is 1. The van der Waals surface area contributed by atoms with Crippen molar-refractivity contribution < 1.29 is 33.8 Å². The number of methoxy groups -OCH3 is 1. The van der Waals surface area contributed by atoms with Gasteiger partial charge in [-0.15, -0.1) is 0 Å². The van der Waals surface area contributed by atoms with Gasteiger partial charge in [-0.2, -0.15) is 0 Å². The van der Waals surface area contributed by atoms with Crippen LogP contribution in [0, 0.1) is 17.8 Å². The van der Waals surface area contributed by atoms with E-state index in [9.17, 15) is 24.3 Å². The summed E-state index contributed by atoms with van der Waals surface area (Å²) in [4.78, 5) is 72.1. The van der Waals surface area contributed by atoms with Gasteiger partial charge in [0, 0.05) is 23.5 Å². The molecule has 4 aliphatic rings. The second-order valence-corrected chi connectivity index (χ2v) is 17.5. The molecule has 0 radical (unpaired) electrons. The number of alkyl carbamates (subject to hydrolysis) is 1. The molecule has 1 saturated carbocycles. The van der Waals surface area contributed by atoms with Crippen LogP contribution < -0.4 is 15.4 Å². The van der Waals surface area contributed by atoms with Gasteiger partial charge in [0.05, 0.1) is 42.1 Å². The highest BCUT2D eigenvalue weighted by Crippen LogP contribution is 2.48. The van der Waals surface area contributed by atoms with Crippen LogP contribution in [0.2, 0.25) is 0 Å². The average molecular weight is 817 g/mol. The molecule has 3 aromatic carbocycles. The second-order valence-electron chi connectivity index (χ2n) is 17.5. The maximum atomic E-state index is 14.3. The molecule has 60 heavy (non-hydrogen) atoms. The first-order valence-electron chi connectivity index (χ1n) is 21.1. The standard InChI is InChI=1S/C45H52N8O7/c1-22(2)37(50-44(56)57)42(54)52-15-7-10-34(52)40-46-20-32(48-40)25-11-13-28-27(16-25)21-60-36-19-29-24(17-30(28)36)12-14-31-39(29)49-41(47-31)35-18-26-8-6-9-33(26)53(35)43(55)38(23(3)4)51-45(58)59-5/h11-14,16-17,19-20,22-23,26,33-35,37-38,50H,6-10,15,18,21H2,1-5H3,(H,46,48)(H,47,49)(H,51,58)(H,56,57)/t26-,33-,34?,35-,37-,38-/m0/s1. The molecule has 15 nitrogen and oxygen atoms in total. The summed E-state index contributed by atoms with van der Waals surface area (Å²) in [5, 5.41) is 16.6. The molecule has 6 atom stereocenters.